The van der Waals surface area contributed by atoms with Crippen molar-refractivity contribution in [1.82, 2.24) is 24.6 Å². The number of rotatable bonds is 3. The number of morpholine rings is 1. The van der Waals surface area contributed by atoms with Crippen LogP contribution in [0.2, 0.25) is 5.02 Å². The van der Waals surface area contributed by atoms with E-state index in [0.717, 1.165) is 18.3 Å². The Morgan fingerprint density at radius 3 is 2.79 bits per heavy atom. The number of alkyl halides is 3. The van der Waals surface area contributed by atoms with E-state index in [2.05, 4.69) is 15.2 Å². The molecule has 0 unspecified atom stereocenters. The predicted molar refractivity (Wildman–Crippen MR) is 110 cm³/mol. The average molecular weight is 498 g/mol. The van der Waals surface area contributed by atoms with Gasteiger partial charge in [-0.1, -0.05) is 17.7 Å². The highest BCUT2D eigenvalue weighted by molar-refractivity contribution is 6.34. The van der Waals surface area contributed by atoms with Crippen LogP contribution in [0.4, 0.5) is 17.6 Å². The fraction of sp³-hybridized carbons (Fsp3) is 0.333. The van der Waals surface area contributed by atoms with Crippen molar-refractivity contribution in [3.05, 3.63) is 58.3 Å². The number of hydrogen-bond donors (Lipinski definition) is 0. The molecule has 1 saturated heterocycles. The van der Waals surface area contributed by atoms with Crippen LogP contribution < -0.4 is 4.74 Å². The molecule has 0 radical (unpaired) electrons. The van der Waals surface area contributed by atoms with E-state index in [4.69, 9.17) is 21.1 Å². The zero-order chi connectivity index (χ0) is 24.2. The Hall–Kier alpha value is -3.25. The number of methoxy groups -OCH3 is 1. The molecule has 0 spiro atoms. The van der Waals surface area contributed by atoms with Gasteiger partial charge in [-0.3, -0.25) is 4.79 Å². The van der Waals surface area contributed by atoms with Gasteiger partial charge in [-0.25, -0.2) is 9.37 Å². The molecule has 178 valence electrons. The number of pyridine rings is 1. The zero-order valence-corrected chi connectivity index (χ0v) is 18.3. The van der Waals surface area contributed by atoms with Gasteiger partial charge in [-0.2, -0.15) is 13.2 Å². The minimum atomic E-state index is -4.70. The first kappa shape index (κ1) is 22.5. The van der Waals surface area contributed by atoms with Gasteiger partial charge in [-0.05, 0) is 12.1 Å². The largest absolute Gasteiger partial charge is 0.494 e. The zero-order valence-electron chi connectivity index (χ0n) is 17.5. The van der Waals surface area contributed by atoms with Gasteiger partial charge in [0.25, 0.3) is 5.91 Å². The maximum absolute atomic E-state index is 13.8. The third-order valence-corrected chi connectivity index (χ3v) is 6.23. The number of hydrogen-bond acceptors (Lipinski definition) is 6. The molecule has 0 aliphatic carbocycles. The number of aromatic nitrogens is 4. The van der Waals surface area contributed by atoms with Crippen LogP contribution in [0.15, 0.2) is 30.5 Å². The molecule has 2 aliphatic rings. The molecule has 5 rings (SSSR count). The van der Waals surface area contributed by atoms with E-state index < -0.39 is 40.6 Å². The Balaban J connectivity index is 1.54. The Morgan fingerprint density at radius 2 is 2.06 bits per heavy atom. The van der Waals surface area contributed by atoms with Crippen molar-refractivity contribution in [2.24, 2.45) is 0 Å². The number of carbonyl (C=O) groups excluding carboxylic acids is 1. The molecule has 0 saturated carbocycles. The summed E-state index contributed by atoms with van der Waals surface area (Å²) in [5.41, 5.74) is -1.02. The number of halogens is 5. The third kappa shape index (κ3) is 3.57. The highest BCUT2D eigenvalue weighted by Gasteiger charge is 2.45. The van der Waals surface area contributed by atoms with Crippen LogP contribution in [-0.4, -0.2) is 56.9 Å². The molecule has 1 fully saturated rings. The second-order valence-electron chi connectivity index (χ2n) is 7.78. The Kier molecular flexibility index (Phi) is 5.44. The predicted octanol–water partition coefficient (Wildman–Crippen LogP) is 3.76. The molecule has 1 aromatic carbocycles. The molecule has 13 heteroatoms. The molecular weight excluding hydrogens is 482 g/mol. The fourth-order valence-corrected chi connectivity index (χ4v) is 4.59. The highest BCUT2D eigenvalue weighted by atomic mass is 35.5. The van der Waals surface area contributed by atoms with Crippen LogP contribution >= 0.6 is 11.6 Å². The van der Waals surface area contributed by atoms with Crippen molar-refractivity contribution in [2.45, 2.75) is 24.8 Å². The third-order valence-electron chi connectivity index (χ3n) is 5.82. The van der Waals surface area contributed by atoms with Crippen LogP contribution in [0.3, 0.4) is 0 Å². The number of benzene rings is 1. The Bertz CT molecular complexity index is 1280. The molecule has 1 amide bonds. The Morgan fingerprint density at radius 1 is 1.26 bits per heavy atom. The van der Waals surface area contributed by atoms with E-state index in [1.807, 2.05) is 0 Å². The number of carbonyl (C=O) groups is 1. The summed E-state index contributed by atoms with van der Waals surface area (Å²) in [4.78, 5) is 18.9. The molecule has 34 heavy (non-hydrogen) atoms. The van der Waals surface area contributed by atoms with Gasteiger partial charge in [0.1, 0.15) is 11.7 Å². The summed E-state index contributed by atoms with van der Waals surface area (Å²) >= 11 is 6.01. The quantitative estimate of drug-likeness (QED) is 0.513. The minimum absolute atomic E-state index is 0.0160. The maximum atomic E-state index is 13.8. The van der Waals surface area contributed by atoms with Gasteiger partial charge in [0.2, 0.25) is 0 Å². The van der Waals surface area contributed by atoms with E-state index >= 15 is 0 Å². The van der Waals surface area contributed by atoms with E-state index in [1.165, 1.54) is 24.1 Å². The lowest BCUT2D eigenvalue weighted by Gasteiger charge is -2.45. The fourth-order valence-electron chi connectivity index (χ4n) is 4.27. The van der Waals surface area contributed by atoms with E-state index in [0.29, 0.717) is 17.3 Å². The summed E-state index contributed by atoms with van der Waals surface area (Å²) in [6.07, 6.45) is -3.69. The molecule has 4 heterocycles. The standard InChI is InChI=1S/C21H16ClF4N5O3/c1-33-16-5-14(27-6-13(16)23)18-28-29-19-15-9-34-8-10(7-30(18)19)31(15)20(32)11-3-2-4-12(17(11)22)21(24,25)26/h2-6,10,15H,7-9H2,1H3/t10-,15-/m1/s1. The summed E-state index contributed by atoms with van der Waals surface area (Å²) in [7, 11) is 1.33. The lowest BCUT2D eigenvalue weighted by Crippen LogP contribution is -2.56. The minimum Gasteiger partial charge on any atom is -0.494 e. The molecule has 3 aromatic rings. The van der Waals surface area contributed by atoms with E-state index in [-0.39, 0.29) is 31.1 Å². The van der Waals surface area contributed by atoms with Crippen LogP contribution in [0.5, 0.6) is 5.75 Å². The number of nitrogens with zero attached hydrogens (tertiary/aromatic N) is 5. The monoisotopic (exact) mass is 497 g/mol. The summed E-state index contributed by atoms with van der Waals surface area (Å²) in [6.45, 7) is 0.408. The lowest BCUT2D eigenvalue weighted by atomic mass is 10.0. The second kappa shape index (κ2) is 8.20. The molecule has 0 N–H and O–H groups in total. The maximum Gasteiger partial charge on any atom is 0.417 e. The second-order valence-corrected chi connectivity index (χ2v) is 8.16. The normalized spacial score (nSPS) is 19.6. The van der Waals surface area contributed by atoms with Crippen LogP contribution in [0.25, 0.3) is 11.5 Å². The van der Waals surface area contributed by atoms with E-state index in [1.54, 1.807) is 4.57 Å². The first-order chi connectivity index (χ1) is 16.2. The molecule has 2 aliphatic heterocycles. The van der Waals surface area contributed by atoms with Crippen molar-refractivity contribution in [2.75, 3.05) is 20.3 Å². The van der Waals surface area contributed by atoms with Crippen molar-refractivity contribution in [3.63, 3.8) is 0 Å². The summed E-state index contributed by atoms with van der Waals surface area (Å²) in [6, 6.07) is 3.38. The summed E-state index contributed by atoms with van der Waals surface area (Å²) in [5, 5.41) is 7.70. The molecule has 2 bridgehead atoms. The smallest absolute Gasteiger partial charge is 0.417 e. The van der Waals surface area contributed by atoms with Crippen LogP contribution in [-0.2, 0) is 17.5 Å². The van der Waals surface area contributed by atoms with Gasteiger partial charge in [0.05, 0.1) is 48.7 Å². The molecular formula is C21H16ClF4N5O3. The van der Waals surface area contributed by atoms with Gasteiger partial charge in [0.15, 0.2) is 23.2 Å². The molecule has 8 nitrogen and oxygen atoms in total. The highest BCUT2D eigenvalue weighted by Crippen LogP contribution is 2.40. The van der Waals surface area contributed by atoms with Crippen molar-refractivity contribution >= 4 is 17.5 Å². The van der Waals surface area contributed by atoms with E-state index in [9.17, 15) is 22.4 Å². The van der Waals surface area contributed by atoms with Gasteiger partial charge >= 0.3 is 6.18 Å². The van der Waals surface area contributed by atoms with Crippen molar-refractivity contribution in [3.8, 4) is 17.3 Å². The first-order valence-electron chi connectivity index (χ1n) is 10.1. The van der Waals surface area contributed by atoms with Crippen molar-refractivity contribution < 1.29 is 31.8 Å². The lowest BCUT2D eigenvalue weighted by molar-refractivity contribution is -0.137. The first-order valence-corrected chi connectivity index (χ1v) is 10.5. The van der Waals surface area contributed by atoms with Gasteiger partial charge in [-0.15, -0.1) is 10.2 Å². The van der Waals surface area contributed by atoms with Crippen LogP contribution in [0, 0.1) is 5.82 Å². The number of ether oxygens (including phenoxy) is 2. The van der Waals surface area contributed by atoms with Crippen LogP contribution in [0.1, 0.15) is 27.8 Å². The van der Waals surface area contributed by atoms with Crippen molar-refractivity contribution in [1.29, 1.82) is 0 Å². The average Bonchev–Trinajstić information content (AvgIpc) is 3.21. The number of fused-ring (bicyclic) bond motifs is 4. The summed E-state index contributed by atoms with van der Waals surface area (Å²) in [5.74, 6) is -0.601. The van der Waals surface area contributed by atoms with Gasteiger partial charge in [0, 0.05) is 12.6 Å². The Labute approximate surface area is 195 Å². The molecule has 2 aromatic heterocycles. The molecule has 2 atom stereocenters. The van der Waals surface area contributed by atoms with Gasteiger partial charge < -0.3 is 18.9 Å². The SMILES string of the molecule is COc1cc(-c2nnc3n2C[C@@H]2COC[C@H]3N2C(=O)c2cccc(C(F)(F)F)c2Cl)ncc1F. The summed E-state index contributed by atoms with van der Waals surface area (Å²) < 4.78 is 66.1. The number of amides is 1. The topological polar surface area (TPSA) is 82.4 Å².